The highest BCUT2D eigenvalue weighted by Gasteiger charge is 2.21. The molecule has 13 heavy (non-hydrogen) atoms. The molecule has 0 saturated carbocycles. The van der Waals surface area contributed by atoms with E-state index in [-0.39, 0.29) is 18.0 Å². The number of carbonyl (C=O) groups is 1. The zero-order valence-corrected chi connectivity index (χ0v) is 7.42. The molecule has 1 aliphatic rings. The molecule has 2 heterocycles. The summed E-state index contributed by atoms with van der Waals surface area (Å²) in [6.07, 6.45) is 0. The van der Waals surface area contributed by atoms with Crippen LogP contribution < -0.4 is 10.9 Å². The number of hydrogen-bond donors (Lipinski definition) is 1. The summed E-state index contributed by atoms with van der Waals surface area (Å²) in [5, 5.41) is 2.52. The molecule has 0 bridgehead atoms. The van der Waals surface area contributed by atoms with Crippen LogP contribution in [0.2, 0.25) is 0 Å². The van der Waals surface area contributed by atoms with Gasteiger partial charge in [0, 0.05) is 11.3 Å². The van der Waals surface area contributed by atoms with Crippen LogP contribution in [0.3, 0.4) is 0 Å². The fraction of sp³-hybridized carbons (Fsp3) is 0.375. The lowest BCUT2D eigenvalue weighted by Gasteiger charge is -2.03. The molecule has 0 saturated heterocycles. The van der Waals surface area contributed by atoms with Crippen molar-refractivity contribution in [3.8, 4) is 0 Å². The highest BCUT2D eigenvalue weighted by molar-refractivity contribution is 5.92. The van der Waals surface area contributed by atoms with Gasteiger partial charge in [-0.3, -0.25) is 19.5 Å². The number of amides is 1. The first kappa shape index (κ1) is 7.97. The highest BCUT2D eigenvalue weighted by Crippen LogP contribution is 2.10. The Morgan fingerprint density at radius 3 is 2.77 bits per heavy atom. The largest absolute Gasteiger partial charge is 0.294 e. The van der Waals surface area contributed by atoms with Crippen LogP contribution in [0.1, 0.15) is 11.3 Å². The SMILES string of the molecule is Cc1nc2n(c(=O)c1C)CC(=O)N2. The molecule has 5 heteroatoms. The molecule has 0 unspecified atom stereocenters. The summed E-state index contributed by atoms with van der Waals surface area (Å²) in [6.45, 7) is 3.55. The van der Waals surface area contributed by atoms with Gasteiger partial charge in [0.05, 0.1) is 0 Å². The van der Waals surface area contributed by atoms with Gasteiger partial charge in [-0.25, -0.2) is 4.98 Å². The van der Waals surface area contributed by atoms with Gasteiger partial charge in [0.1, 0.15) is 6.54 Å². The van der Waals surface area contributed by atoms with Crippen molar-refractivity contribution in [2.45, 2.75) is 20.4 Å². The molecule has 0 atom stereocenters. The van der Waals surface area contributed by atoms with Crippen LogP contribution >= 0.6 is 0 Å². The Labute approximate surface area is 74.4 Å². The van der Waals surface area contributed by atoms with Crippen molar-refractivity contribution in [2.75, 3.05) is 5.32 Å². The molecule has 1 N–H and O–H groups in total. The molecule has 0 fully saturated rings. The first-order valence-electron chi connectivity index (χ1n) is 3.97. The summed E-state index contributed by atoms with van der Waals surface area (Å²) in [6, 6.07) is 0. The normalized spacial score (nSPS) is 14.2. The molecule has 1 aromatic rings. The summed E-state index contributed by atoms with van der Waals surface area (Å²) in [4.78, 5) is 26.6. The molecule has 68 valence electrons. The maximum Gasteiger partial charge on any atom is 0.258 e. The van der Waals surface area contributed by atoms with Crippen LogP contribution in [0.25, 0.3) is 0 Å². The van der Waals surface area contributed by atoms with Gasteiger partial charge in [0.15, 0.2) is 0 Å². The molecule has 0 radical (unpaired) electrons. The summed E-state index contributed by atoms with van der Waals surface area (Å²) < 4.78 is 1.35. The first-order chi connectivity index (χ1) is 6.09. The lowest BCUT2D eigenvalue weighted by molar-refractivity contribution is -0.115. The Balaban J connectivity index is 2.74. The fourth-order valence-electron chi connectivity index (χ4n) is 1.31. The lowest BCUT2D eigenvalue weighted by atomic mass is 10.3. The zero-order valence-electron chi connectivity index (χ0n) is 7.42. The van der Waals surface area contributed by atoms with E-state index in [1.807, 2.05) is 0 Å². The Morgan fingerprint density at radius 1 is 1.38 bits per heavy atom. The smallest absolute Gasteiger partial charge is 0.258 e. The van der Waals surface area contributed by atoms with Crippen molar-refractivity contribution in [3.63, 3.8) is 0 Å². The minimum Gasteiger partial charge on any atom is -0.294 e. The van der Waals surface area contributed by atoms with Crippen LogP contribution in [0.5, 0.6) is 0 Å². The van der Waals surface area contributed by atoms with E-state index in [2.05, 4.69) is 10.3 Å². The third-order valence-corrected chi connectivity index (χ3v) is 2.19. The number of carbonyl (C=O) groups excluding carboxylic acids is 1. The van der Waals surface area contributed by atoms with E-state index in [9.17, 15) is 9.59 Å². The molecular formula is C8H9N3O2. The predicted octanol–water partition coefficient (Wildman–Crippen LogP) is -0.188. The molecule has 5 nitrogen and oxygen atoms in total. The number of rotatable bonds is 0. The summed E-state index contributed by atoms with van der Waals surface area (Å²) in [7, 11) is 0. The minimum atomic E-state index is -0.186. The van der Waals surface area contributed by atoms with Crippen LogP contribution in [0, 0.1) is 13.8 Å². The highest BCUT2D eigenvalue weighted by atomic mass is 16.2. The zero-order chi connectivity index (χ0) is 9.59. The van der Waals surface area contributed by atoms with Gasteiger partial charge in [0.25, 0.3) is 5.56 Å². The van der Waals surface area contributed by atoms with Crippen LogP contribution in [0.4, 0.5) is 5.95 Å². The number of hydrogen-bond acceptors (Lipinski definition) is 3. The molecule has 1 aromatic heterocycles. The molecule has 1 amide bonds. The standard InChI is InChI=1S/C8H9N3O2/c1-4-5(2)9-8-10-6(12)3-11(8)7(4)13/h3H2,1-2H3,(H,9,10,12). The molecule has 2 rings (SSSR count). The Bertz CT molecular complexity index is 447. The van der Waals surface area contributed by atoms with Gasteiger partial charge in [-0.2, -0.15) is 0 Å². The van der Waals surface area contributed by atoms with Gasteiger partial charge < -0.3 is 0 Å². The van der Waals surface area contributed by atoms with E-state index in [0.717, 1.165) is 0 Å². The van der Waals surface area contributed by atoms with E-state index < -0.39 is 0 Å². The first-order valence-corrected chi connectivity index (χ1v) is 3.97. The maximum absolute atomic E-state index is 11.6. The van der Waals surface area contributed by atoms with Gasteiger partial charge >= 0.3 is 0 Å². The number of aromatic nitrogens is 2. The predicted molar refractivity (Wildman–Crippen MR) is 46.6 cm³/mol. The van der Waals surface area contributed by atoms with Crippen molar-refractivity contribution in [1.29, 1.82) is 0 Å². The van der Waals surface area contributed by atoms with E-state index >= 15 is 0 Å². The minimum absolute atomic E-state index is 0.0856. The van der Waals surface area contributed by atoms with E-state index in [1.54, 1.807) is 13.8 Å². The second-order valence-corrected chi connectivity index (χ2v) is 3.09. The van der Waals surface area contributed by atoms with E-state index in [0.29, 0.717) is 17.2 Å². The van der Waals surface area contributed by atoms with Crippen LogP contribution in [0.15, 0.2) is 4.79 Å². The molecular weight excluding hydrogens is 170 g/mol. The fourth-order valence-corrected chi connectivity index (χ4v) is 1.31. The van der Waals surface area contributed by atoms with Crippen molar-refractivity contribution < 1.29 is 4.79 Å². The van der Waals surface area contributed by atoms with Crippen molar-refractivity contribution in [3.05, 3.63) is 21.6 Å². The van der Waals surface area contributed by atoms with E-state index in [4.69, 9.17) is 0 Å². The topological polar surface area (TPSA) is 64.0 Å². The summed E-state index contributed by atoms with van der Waals surface area (Å²) >= 11 is 0. The summed E-state index contributed by atoms with van der Waals surface area (Å²) in [5.41, 5.74) is 1.12. The molecule has 1 aliphatic heterocycles. The molecule has 0 aliphatic carbocycles. The Morgan fingerprint density at radius 2 is 2.08 bits per heavy atom. The second-order valence-electron chi connectivity index (χ2n) is 3.09. The average molecular weight is 179 g/mol. The van der Waals surface area contributed by atoms with Gasteiger partial charge in [0.2, 0.25) is 11.9 Å². The molecule has 0 aromatic carbocycles. The van der Waals surface area contributed by atoms with E-state index in [1.165, 1.54) is 4.57 Å². The Hall–Kier alpha value is -1.65. The third-order valence-electron chi connectivity index (χ3n) is 2.19. The monoisotopic (exact) mass is 179 g/mol. The van der Waals surface area contributed by atoms with Crippen LogP contribution in [-0.2, 0) is 11.3 Å². The van der Waals surface area contributed by atoms with Gasteiger partial charge in [-0.15, -0.1) is 0 Å². The number of anilines is 1. The van der Waals surface area contributed by atoms with Crippen molar-refractivity contribution in [2.24, 2.45) is 0 Å². The number of aryl methyl sites for hydroxylation is 1. The van der Waals surface area contributed by atoms with Crippen LogP contribution in [-0.4, -0.2) is 15.5 Å². The number of nitrogens with zero attached hydrogens (tertiary/aromatic N) is 2. The average Bonchev–Trinajstić information content (AvgIpc) is 2.42. The Kier molecular flexibility index (Phi) is 1.48. The number of fused-ring (bicyclic) bond motifs is 1. The maximum atomic E-state index is 11.6. The third kappa shape index (κ3) is 1.04. The second kappa shape index (κ2) is 2.42. The lowest BCUT2D eigenvalue weighted by Crippen LogP contribution is -2.22. The quantitative estimate of drug-likeness (QED) is 0.600. The van der Waals surface area contributed by atoms with Crippen molar-refractivity contribution >= 4 is 11.9 Å². The van der Waals surface area contributed by atoms with Gasteiger partial charge in [-0.05, 0) is 13.8 Å². The summed E-state index contributed by atoms with van der Waals surface area (Å²) in [5.74, 6) is 0.174. The molecule has 0 spiro atoms. The van der Waals surface area contributed by atoms with Crippen molar-refractivity contribution in [1.82, 2.24) is 9.55 Å². The number of nitrogens with one attached hydrogen (secondary N) is 1. The van der Waals surface area contributed by atoms with Gasteiger partial charge in [-0.1, -0.05) is 0 Å².